The summed E-state index contributed by atoms with van der Waals surface area (Å²) in [4.78, 5) is 1.90. The van der Waals surface area contributed by atoms with E-state index in [1.54, 1.807) is 19.9 Å². The summed E-state index contributed by atoms with van der Waals surface area (Å²) < 4.78 is 13.5. The van der Waals surface area contributed by atoms with Gasteiger partial charge in [-0.1, -0.05) is 0 Å². The second-order valence-electron chi connectivity index (χ2n) is 4.68. The van der Waals surface area contributed by atoms with E-state index in [9.17, 15) is 9.50 Å². The van der Waals surface area contributed by atoms with E-state index in [0.29, 0.717) is 12.1 Å². The first kappa shape index (κ1) is 13.9. The topological polar surface area (TPSA) is 49.5 Å². The lowest BCUT2D eigenvalue weighted by Gasteiger charge is -2.25. The molecule has 17 heavy (non-hydrogen) atoms. The zero-order valence-electron chi connectivity index (χ0n) is 10.9. The zero-order valence-corrected chi connectivity index (χ0v) is 10.9. The van der Waals surface area contributed by atoms with Crippen LogP contribution in [0.5, 0.6) is 0 Å². The Morgan fingerprint density at radius 2 is 2.00 bits per heavy atom. The largest absolute Gasteiger partial charge is 0.392 e. The lowest BCUT2D eigenvalue weighted by Crippen LogP contribution is -2.28. The number of likely N-dealkylation sites (N-methyl/N-ethyl adjacent to an activating group) is 1. The Kier molecular flexibility index (Phi) is 4.48. The van der Waals surface area contributed by atoms with Gasteiger partial charge in [0, 0.05) is 25.3 Å². The molecule has 0 aliphatic carbocycles. The van der Waals surface area contributed by atoms with Gasteiger partial charge in [-0.15, -0.1) is 0 Å². The van der Waals surface area contributed by atoms with E-state index in [0.717, 1.165) is 11.3 Å². The fourth-order valence-electron chi connectivity index (χ4n) is 1.87. The molecule has 0 saturated heterocycles. The number of nitrogens with zero attached hydrogens (tertiary/aromatic N) is 1. The summed E-state index contributed by atoms with van der Waals surface area (Å²) >= 11 is 0. The number of aryl methyl sites for hydroxylation is 1. The van der Waals surface area contributed by atoms with E-state index in [-0.39, 0.29) is 11.9 Å². The Balaban J connectivity index is 3.16. The third-order valence-corrected chi connectivity index (χ3v) is 2.75. The molecule has 1 aromatic carbocycles. The molecule has 4 heteroatoms. The van der Waals surface area contributed by atoms with Gasteiger partial charge in [-0.05, 0) is 44.0 Å². The van der Waals surface area contributed by atoms with Gasteiger partial charge in [-0.2, -0.15) is 0 Å². The number of halogens is 1. The van der Waals surface area contributed by atoms with E-state index in [2.05, 4.69) is 0 Å². The monoisotopic (exact) mass is 240 g/mol. The van der Waals surface area contributed by atoms with Crippen LogP contribution in [0.25, 0.3) is 0 Å². The van der Waals surface area contributed by atoms with Crippen molar-refractivity contribution < 1.29 is 9.50 Å². The third kappa shape index (κ3) is 3.41. The molecule has 1 unspecified atom stereocenters. The van der Waals surface area contributed by atoms with Crippen LogP contribution in [0.15, 0.2) is 12.1 Å². The quantitative estimate of drug-likeness (QED) is 0.846. The fourth-order valence-corrected chi connectivity index (χ4v) is 1.87. The van der Waals surface area contributed by atoms with E-state index in [4.69, 9.17) is 5.73 Å². The van der Waals surface area contributed by atoms with E-state index >= 15 is 0 Å². The average molecular weight is 240 g/mol. The Morgan fingerprint density at radius 3 is 2.47 bits per heavy atom. The number of hydrogen-bond acceptors (Lipinski definition) is 3. The van der Waals surface area contributed by atoms with Crippen molar-refractivity contribution in [2.45, 2.75) is 32.9 Å². The highest BCUT2D eigenvalue weighted by Gasteiger charge is 2.15. The molecule has 0 bridgehead atoms. The van der Waals surface area contributed by atoms with Crippen LogP contribution in [0.3, 0.4) is 0 Å². The number of anilines is 1. The lowest BCUT2D eigenvalue weighted by molar-refractivity contribution is 0.201. The molecule has 96 valence electrons. The Labute approximate surface area is 102 Å². The van der Waals surface area contributed by atoms with Gasteiger partial charge in [0.1, 0.15) is 5.82 Å². The first-order chi connectivity index (χ1) is 7.82. The minimum atomic E-state index is -0.439. The number of aliphatic hydroxyl groups is 1. The molecule has 3 nitrogen and oxygen atoms in total. The summed E-state index contributed by atoms with van der Waals surface area (Å²) in [7, 11) is 1.87. The molecule has 3 N–H and O–H groups in total. The van der Waals surface area contributed by atoms with E-state index in [1.807, 2.05) is 18.9 Å². The van der Waals surface area contributed by atoms with Gasteiger partial charge >= 0.3 is 0 Å². The summed E-state index contributed by atoms with van der Waals surface area (Å²) in [6, 6.07) is 3.01. The van der Waals surface area contributed by atoms with Crippen LogP contribution in [0.1, 0.15) is 31.0 Å². The molecule has 0 saturated carbocycles. The normalized spacial score (nSPS) is 14.5. The Morgan fingerprint density at radius 1 is 1.41 bits per heavy atom. The van der Waals surface area contributed by atoms with Crippen LogP contribution in [-0.4, -0.2) is 24.8 Å². The first-order valence-electron chi connectivity index (χ1n) is 5.77. The average Bonchev–Trinajstić information content (AvgIpc) is 2.19. The van der Waals surface area contributed by atoms with Gasteiger partial charge in [-0.3, -0.25) is 0 Å². The van der Waals surface area contributed by atoms with Crippen LogP contribution in [0.4, 0.5) is 10.1 Å². The molecule has 0 radical (unpaired) electrons. The Hall–Kier alpha value is -1.13. The number of benzene rings is 1. The summed E-state index contributed by atoms with van der Waals surface area (Å²) in [6.45, 7) is 5.76. The standard InChI is InChI=1S/C13H21FN2O/c1-8-5-13(16(4)7-9(2)17)11(10(3)15)6-12(8)14/h5-6,9-10,17H,7,15H2,1-4H3/t9?,10-/m1/s1. The van der Waals surface area contributed by atoms with Crippen LogP contribution in [0.2, 0.25) is 0 Å². The van der Waals surface area contributed by atoms with Crippen molar-refractivity contribution in [2.75, 3.05) is 18.5 Å². The van der Waals surface area contributed by atoms with Gasteiger partial charge in [0.2, 0.25) is 0 Å². The Bertz CT molecular complexity index is 391. The third-order valence-electron chi connectivity index (χ3n) is 2.75. The van der Waals surface area contributed by atoms with Gasteiger partial charge in [0.15, 0.2) is 0 Å². The molecule has 0 fully saturated rings. The summed E-state index contributed by atoms with van der Waals surface area (Å²) in [5.74, 6) is -0.244. The molecule has 1 rings (SSSR count). The molecule has 0 aliphatic heterocycles. The van der Waals surface area contributed by atoms with Crippen molar-refractivity contribution in [3.63, 3.8) is 0 Å². The van der Waals surface area contributed by atoms with Gasteiger partial charge < -0.3 is 15.7 Å². The summed E-state index contributed by atoms with van der Waals surface area (Å²) in [5.41, 5.74) is 8.07. The van der Waals surface area contributed by atoms with Crippen molar-refractivity contribution in [3.8, 4) is 0 Å². The van der Waals surface area contributed by atoms with Gasteiger partial charge in [-0.25, -0.2) is 4.39 Å². The molecular weight excluding hydrogens is 219 g/mol. The highest BCUT2D eigenvalue weighted by Crippen LogP contribution is 2.27. The smallest absolute Gasteiger partial charge is 0.126 e. The van der Waals surface area contributed by atoms with Gasteiger partial charge in [0.25, 0.3) is 0 Å². The number of hydrogen-bond donors (Lipinski definition) is 2. The zero-order chi connectivity index (χ0) is 13.2. The van der Waals surface area contributed by atoms with Crippen molar-refractivity contribution >= 4 is 5.69 Å². The molecular formula is C13H21FN2O. The maximum absolute atomic E-state index is 13.5. The van der Waals surface area contributed by atoms with Crippen LogP contribution < -0.4 is 10.6 Å². The van der Waals surface area contributed by atoms with Crippen molar-refractivity contribution in [2.24, 2.45) is 5.73 Å². The molecule has 0 aromatic heterocycles. The fraction of sp³-hybridized carbons (Fsp3) is 0.538. The van der Waals surface area contributed by atoms with Crippen LogP contribution >= 0.6 is 0 Å². The number of rotatable bonds is 4. The second-order valence-corrected chi connectivity index (χ2v) is 4.68. The predicted octanol–water partition coefficient (Wildman–Crippen LogP) is 1.97. The predicted molar refractivity (Wildman–Crippen MR) is 68.7 cm³/mol. The highest BCUT2D eigenvalue weighted by atomic mass is 19.1. The van der Waals surface area contributed by atoms with E-state index < -0.39 is 6.10 Å². The van der Waals surface area contributed by atoms with E-state index in [1.165, 1.54) is 6.07 Å². The minimum absolute atomic E-state index is 0.239. The number of nitrogens with two attached hydrogens (primary N) is 1. The minimum Gasteiger partial charge on any atom is -0.392 e. The molecule has 0 spiro atoms. The maximum atomic E-state index is 13.5. The SMILES string of the molecule is Cc1cc(N(C)CC(C)O)c([C@@H](C)N)cc1F. The number of aliphatic hydroxyl groups excluding tert-OH is 1. The molecule has 2 atom stereocenters. The molecule has 1 aromatic rings. The molecule has 0 aliphatic rings. The van der Waals surface area contributed by atoms with Crippen LogP contribution in [-0.2, 0) is 0 Å². The highest BCUT2D eigenvalue weighted by molar-refractivity contribution is 5.56. The summed E-state index contributed by atoms with van der Waals surface area (Å²) in [6.07, 6.45) is -0.439. The molecule has 0 amide bonds. The van der Waals surface area contributed by atoms with Crippen molar-refractivity contribution in [1.29, 1.82) is 0 Å². The first-order valence-corrected chi connectivity index (χ1v) is 5.77. The summed E-state index contributed by atoms with van der Waals surface area (Å²) in [5, 5.41) is 9.39. The van der Waals surface area contributed by atoms with Crippen LogP contribution in [0, 0.1) is 12.7 Å². The second kappa shape index (κ2) is 5.47. The van der Waals surface area contributed by atoms with Crippen molar-refractivity contribution in [3.05, 3.63) is 29.1 Å². The lowest BCUT2D eigenvalue weighted by atomic mass is 10.0. The maximum Gasteiger partial charge on any atom is 0.126 e. The molecule has 0 heterocycles. The van der Waals surface area contributed by atoms with Crippen molar-refractivity contribution in [1.82, 2.24) is 0 Å². The van der Waals surface area contributed by atoms with Gasteiger partial charge in [0.05, 0.1) is 6.10 Å².